The van der Waals surface area contributed by atoms with Crippen LogP contribution in [0.1, 0.15) is 19.4 Å². The van der Waals surface area contributed by atoms with Gasteiger partial charge in [-0.3, -0.25) is 9.69 Å². The maximum absolute atomic E-state index is 12.4. The Balaban J connectivity index is 1.86. The van der Waals surface area contributed by atoms with Gasteiger partial charge < -0.3 is 4.90 Å². The van der Waals surface area contributed by atoms with Crippen LogP contribution in [0, 0.1) is 0 Å². The SMILES string of the molecule is CC(C)N(CC(=O)N1CCN(Cc2ccccc2)CC1)S(C)(=O)=O. The first-order chi connectivity index (χ1) is 11.3. The summed E-state index contributed by atoms with van der Waals surface area (Å²) in [4.78, 5) is 16.5. The summed E-state index contributed by atoms with van der Waals surface area (Å²) < 4.78 is 24.8. The highest BCUT2D eigenvalue weighted by atomic mass is 32.2. The standard InChI is InChI=1S/C17H27N3O3S/c1-15(2)20(24(3,22)23)14-17(21)19-11-9-18(10-12-19)13-16-7-5-4-6-8-16/h4-8,15H,9-14H2,1-3H3. The Morgan fingerprint density at radius 3 is 2.21 bits per heavy atom. The van der Waals surface area contributed by atoms with Crippen molar-refractivity contribution >= 4 is 15.9 Å². The zero-order valence-corrected chi connectivity index (χ0v) is 15.5. The molecule has 1 aromatic rings. The van der Waals surface area contributed by atoms with E-state index in [1.165, 1.54) is 9.87 Å². The lowest BCUT2D eigenvalue weighted by atomic mass is 10.2. The minimum atomic E-state index is -3.37. The monoisotopic (exact) mass is 353 g/mol. The minimum Gasteiger partial charge on any atom is -0.339 e. The van der Waals surface area contributed by atoms with Gasteiger partial charge in [-0.25, -0.2) is 8.42 Å². The van der Waals surface area contributed by atoms with Crippen molar-refractivity contribution in [2.75, 3.05) is 39.0 Å². The Bertz CT molecular complexity index is 638. The number of sulfonamides is 1. The van der Waals surface area contributed by atoms with Gasteiger partial charge in [-0.15, -0.1) is 0 Å². The van der Waals surface area contributed by atoms with Crippen LogP contribution in [0.2, 0.25) is 0 Å². The van der Waals surface area contributed by atoms with Gasteiger partial charge >= 0.3 is 0 Å². The average molecular weight is 353 g/mol. The predicted octanol–water partition coefficient (Wildman–Crippen LogP) is 1.00. The molecular weight excluding hydrogens is 326 g/mol. The van der Waals surface area contributed by atoms with Crippen molar-refractivity contribution in [2.24, 2.45) is 0 Å². The van der Waals surface area contributed by atoms with Crippen molar-refractivity contribution in [1.82, 2.24) is 14.1 Å². The van der Waals surface area contributed by atoms with Gasteiger partial charge in [-0.1, -0.05) is 30.3 Å². The highest BCUT2D eigenvalue weighted by molar-refractivity contribution is 7.88. The number of hydrogen-bond donors (Lipinski definition) is 0. The van der Waals surface area contributed by atoms with Crippen LogP contribution >= 0.6 is 0 Å². The molecule has 0 aromatic heterocycles. The maximum atomic E-state index is 12.4. The number of hydrogen-bond acceptors (Lipinski definition) is 4. The molecule has 0 unspecified atom stereocenters. The summed E-state index contributed by atoms with van der Waals surface area (Å²) in [5, 5.41) is 0. The molecule has 7 heteroatoms. The predicted molar refractivity (Wildman–Crippen MR) is 95.0 cm³/mol. The highest BCUT2D eigenvalue weighted by Crippen LogP contribution is 2.11. The van der Waals surface area contributed by atoms with E-state index in [0.717, 1.165) is 25.9 Å². The van der Waals surface area contributed by atoms with E-state index in [2.05, 4.69) is 17.0 Å². The molecule has 0 bridgehead atoms. The summed E-state index contributed by atoms with van der Waals surface area (Å²) in [6.45, 7) is 7.27. The van der Waals surface area contributed by atoms with E-state index < -0.39 is 10.0 Å². The molecule has 1 fully saturated rings. The fourth-order valence-corrected chi connectivity index (χ4v) is 4.02. The molecule has 134 valence electrons. The molecule has 0 spiro atoms. The van der Waals surface area contributed by atoms with Crippen LogP contribution in [0.25, 0.3) is 0 Å². The summed E-state index contributed by atoms with van der Waals surface area (Å²) in [5.41, 5.74) is 1.26. The molecule has 24 heavy (non-hydrogen) atoms. The zero-order chi connectivity index (χ0) is 17.7. The average Bonchev–Trinajstić information content (AvgIpc) is 2.52. The number of rotatable bonds is 6. The molecule has 1 amide bonds. The Morgan fingerprint density at radius 1 is 1.12 bits per heavy atom. The Labute approximate surface area is 145 Å². The molecule has 0 saturated carbocycles. The van der Waals surface area contributed by atoms with Gasteiger partial charge in [0.15, 0.2) is 0 Å². The van der Waals surface area contributed by atoms with Gasteiger partial charge in [0.05, 0.1) is 12.8 Å². The summed E-state index contributed by atoms with van der Waals surface area (Å²) >= 11 is 0. The van der Waals surface area contributed by atoms with Gasteiger partial charge in [0.25, 0.3) is 0 Å². The van der Waals surface area contributed by atoms with E-state index in [1.54, 1.807) is 18.7 Å². The second kappa shape index (κ2) is 8.09. The quantitative estimate of drug-likeness (QED) is 0.766. The number of piperazine rings is 1. The molecule has 1 heterocycles. The first kappa shape index (κ1) is 18.9. The molecule has 0 N–H and O–H groups in total. The van der Waals surface area contributed by atoms with E-state index in [0.29, 0.717) is 13.1 Å². The van der Waals surface area contributed by atoms with Gasteiger partial charge in [0, 0.05) is 38.8 Å². The van der Waals surface area contributed by atoms with Crippen LogP contribution in [0.5, 0.6) is 0 Å². The van der Waals surface area contributed by atoms with Crippen LogP contribution in [-0.2, 0) is 21.4 Å². The van der Waals surface area contributed by atoms with Gasteiger partial charge in [-0.2, -0.15) is 4.31 Å². The van der Waals surface area contributed by atoms with Crippen molar-refractivity contribution in [3.8, 4) is 0 Å². The smallest absolute Gasteiger partial charge is 0.237 e. The molecule has 6 nitrogen and oxygen atoms in total. The molecule has 2 rings (SSSR count). The van der Waals surface area contributed by atoms with Crippen LogP contribution < -0.4 is 0 Å². The number of amides is 1. The minimum absolute atomic E-state index is 0.0742. The first-order valence-corrected chi connectivity index (χ1v) is 10.1. The Kier molecular flexibility index (Phi) is 6.37. The van der Waals surface area contributed by atoms with Crippen molar-refractivity contribution in [2.45, 2.75) is 26.4 Å². The molecule has 1 aliphatic rings. The van der Waals surface area contributed by atoms with E-state index in [4.69, 9.17) is 0 Å². The lowest BCUT2D eigenvalue weighted by Gasteiger charge is -2.36. The highest BCUT2D eigenvalue weighted by Gasteiger charge is 2.27. The zero-order valence-electron chi connectivity index (χ0n) is 14.7. The summed E-state index contributed by atoms with van der Waals surface area (Å²) in [7, 11) is -3.37. The third-order valence-corrected chi connectivity index (χ3v) is 5.67. The normalized spacial score (nSPS) is 16.8. The van der Waals surface area contributed by atoms with Crippen molar-refractivity contribution < 1.29 is 13.2 Å². The van der Waals surface area contributed by atoms with Gasteiger partial charge in [0.1, 0.15) is 0 Å². The van der Waals surface area contributed by atoms with E-state index in [9.17, 15) is 13.2 Å². The first-order valence-electron chi connectivity index (χ1n) is 8.28. The molecule has 1 saturated heterocycles. The fourth-order valence-electron chi connectivity index (χ4n) is 2.91. The summed E-state index contributed by atoms with van der Waals surface area (Å²) in [5.74, 6) is -0.117. The van der Waals surface area contributed by atoms with Crippen LogP contribution in [0.15, 0.2) is 30.3 Å². The van der Waals surface area contributed by atoms with Crippen molar-refractivity contribution in [3.05, 3.63) is 35.9 Å². The number of benzene rings is 1. The van der Waals surface area contributed by atoms with Crippen LogP contribution in [-0.4, -0.2) is 73.5 Å². The van der Waals surface area contributed by atoms with E-state index in [1.807, 2.05) is 18.2 Å². The third kappa shape index (κ3) is 5.29. The van der Waals surface area contributed by atoms with Crippen molar-refractivity contribution in [1.29, 1.82) is 0 Å². The number of carbonyl (C=O) groups excluding carboxylic acids is 1. The van der Waals surface area contributed by atoms with Gasteiger partial charge in [-0.05, 0) is 19.4 Å². The molecule has 0 atom stereocenters. The second-order valence-electron chi connectivity index (χ2n) is 6.54. The lowest BCUT2D eigenvalue weighted by molar-refractivity contribution is -0.133. The topological polar surface area (TPSA) is 60.9 Å². The molecule has 1 aliphatic heterocycles. The largest absolute Gasteiger partial charge is 0.339 e. The lowest BCUT2D eigenvalue weighted by Crippen LogP contribution is -2.52. The van der Waals surface area contributed by atoms with Gasteiger partial charge in [0.2, 0.25) is 15.9 Å². The van der Waals surface area contributed by atoms with Crippen LogP contribution in [0.4, 0.5) is 0 Å². The van der Waals surface area contributed by atoms with E-state index in [-0.39, 0.29) is 18.5 Å². The Hall–Kier alpha value is -1.44. The molecule has 1 aromatic carbocycles. The van der Waals surface area contributed by atoms with Crippen LogP contribution in [0.3, 0.4) is 0 Å². The number of nitrogens with zero attached hydrogens (tertiary/aromatic N) is 3. The molecule has 0 radical (unpaired) electrons. The fraction of sp³-hybridized carbons (Fsp3) is 0.588. The summed E-state index contributed by atoms with van der Waals surface area (Å²) in [6, 6.07) is 10.0. The maximum Gasteiger partial charge on any atom is 0.237 e. The van der Waals surface area contributed by atoms with E-state index >= 15 is 0 Å². The second-order valence-corrected chi connectivity index (χ2v) is 8.48. The summed E-state index contributed by atoms with van der Waals surface area (Å²) in [6.07, 6.45) is 1.15. The van der Waals surface area contributed by atoms with Crippen molar-refractivity contribution in [3.63, 3.8) is 0 Å². The molecular formula is C17H27N3O3S. The molecule has 0 aliphatic carbocycles. The third-order valence-electron chi connectivity index (χ3n) is 4.27. The number of carbonyl (C=O) groups is 1. The Morgan fingerprint density at radius 2 is 1.71 bits per heavy atom.